The lowest BCUT2D eigenvalue weighted by atomic mass is 9.96. The Labute approximate surface area is 130 Å². The number of carbonyl (C=O) groups excluding carboxylic acids is 2. The van der Waals surface area contributed by atoms with Crippen molar-refractivity contribution in [1.29, 1.82) is 0 Å². The molecular formula is C17H22N2O3. The van der Waals surface area contributed by atoms with Crippen LogP contribution in [0.2, 0.25) is 0 Å². The molecule has 2 aliphatic rings. The van der Waals surface area contributed by atoms with Crippen LogP contribution in [0.3, 0.4) is 0 Å². The van der Waals surface area contributed by atoms with Crippen molar-refractivity contribution in [3.63, 3.8) is 0 Å². The predicted molar refractivity (Wildman–Crippen MR) is 81.7 cm³/mol. The van der Waals surface area contributed by atoms with Gasteiger partial charge in [0, 0.05) is 19.5 Å². The summed E-state index contributed by atoms with van der Waals surface area (Å²) in [5.74, 6) is 0.0728. The van der Waals surface area contributed by atoms with Gasteiger partial charge in [0.15, 0.2) is 0 Å². The first-order chi connectivity index (χ1) is 10.7. The molecule has 1 atom stereocenters. The van der Waals surface area contributed by atoms with Crippen LogP contribution < -0.4 is 0 Å². The van der Waals surface area contributed by atoms with Gasteiger partial charge in [0.25, 0.3) is 5.91 Å². The monoisotopic (exact) mass is 302 g/mol. The molecule has 2 fully saturated rings. The van der Waals surface area contributed by atoms with Gasteiger partial charge < -0.3 is 4.90 Å². The summed E-state index contributed by atoms with van der Waals surface area (Å²) in [5.41, 5.74) is 1.21. The Morgan fingerprint density at radius 1 is 1.27 bits per heavy atom. The number of hydrogen-bond donors (Lipinski definition) is 0. The Balaban J connectivity index is 1.56. The summed E-state index contributed by atoms with van der Waals surface area (Å²) in [4.78, 5) is 31.6. The zero-order valence-electron chi connectivity index (χ0n) is 12.7. The van der Waals surface area contributed by atoms with E-state index in [1.807, 2.05) is 23.1 Å². The van der Waals surface area contributed by atoms with E-state index < -0.39 is 0 Å². The third-order valence-electron chi connectivity index (χ3n) is 4.36. The molecule has 5 heteroatoms. The fourth-order valence-electron chi connectivity index (χ4n) is 3.07. The first-order valence-corrected chi connectivity index (χ1v) is 8.00. The molecule has 2 aliphatic heterocycles. The van der Waals surface area contributed by atoms with Gasteiger partial charge in [0.05, 0.1) is 19.1 Å². The van der Waals surface area contributed by atoms with Gasteiger partial charge in [-0.1, -0.05) is 30.3 Å². The standard InChI is InChI=1S/C17H22N2O3/c20-16-8-7-15(17(21)19-10-4-12-22-19)13-18(16)11-9-14-5-2-1-3-6-14/h1-3,5-6,15H,4,7-13H2/t15-/m1/s1. The summed E-state index contributed by atoms with van der Waals surface area (Å²) in [6.45, 7) is 2.49. The lowest BCUT2D eigenvalue weighted by Gasteiger charge is -2.33. The second-order valence-electron chi connectivity index (χ2n) is 5.94. The lowest BCUT2D eigenvalue weighted by molar-refractivity contribution is -0.175. The minimum absolute atomic E-state index is 0.0368. The molecule has 0 saturated carbocycles. The maximum atomic E-state index is 12.4. The maximum Gasteiger partial charge on any atom is 0.251 e. The Kier molecular flexibility index (Phi) is 4.73. The smallest absolute Gasteiger partial charge is 0.251 e. The van der Waals surface area contributed by atoms with E-state index in [4.69, 9.17) is 4.84 Å². The van der Waals surface area contributed by atoms with Crippen molar-refractivity contribution in [1.82, 2.24) is 9.96 Å². The molecule has 22 heavy (non-hydrogen) atoms. The normalized spacial score (nSPS) is 22.2. The second-order valence-corrected chi connectivity index (χ2v) is 5.94. The van der Waals surface area contributed by atoms with Crippen molar-refractivity contribution in [3.8, 4) is 0 Å². The summed E-state index contributed by atoms with van der Waals surface area (Å²) in [6.07, 6.45) is 2.82. The molecule has 0 bridgehead atoms. The van der Waals surface area contributed by atoms with Gasteiger partial charge in [0.2, 0.25) is 5.91 Å². The van der Waals surface area contributed by atoms with Crippen LogP contribution in [-0.2, 0) is 20.8 Å². The minimum atomic E-state index is -0.119. The predicted octanol–water partition coefficient (Wildman–Crippen LogP) is 1.63. The van der Waals surface area contributed by atoms with E-state index in [0.717, 1.165) is 12.8 Å². The van der Waals surface area contributed by atoms with Gasteiger partial charge in [0.1, 0.15) is 0 Å². The number of carbonyl (C=O) groups is 2. The summed E-state index contributed by atoms with van der Waals surface area (Å²) < 4.78 is 0. The zero-order valence-corrected chi connectivity index (χ0v) is 12.7. The van der Waals surface area contributed by atoms with E-state index in [0.29, 0.717) is 39.1 Å². The third-order valence-corrected chi connectivity index (χ3v) is 4.36. The van der Waals surface area contributed by atoms with Gasteiger partial charge in [-0.2, -0.15) is 0 Å². The third kappa shape index (κ3) is 3.47. The summed E-state index contributed by atoms with van der Waals surface area (Å²) in [6, 6.07) is 10.1. The highest BCUT2D eigenvalue weighted by molar-refractivity contribution is 5.83. The minimum Gasteiger partial charge on any atom is -0.342 e. The maximum absolute atomic E-state index is 12.4. The van der Waals surface area contributed by atoms with Crippen LogP contribution in [0.4, 0.5) is 0 Å². The lowest BCUT2D eigenvalue weighted by Crippen LogP contribution is -2.46. The topological polar surface area (TPSA) is 49.9 Å². The van der Waals surface area contributed by atoms with E-state index in [-0.39, 0.29) is 17.7 Å². The van der Waals surface area contributed by atoms with Gasteiger partial charge >= 0.3 is 0 Å². The molecular weight excluding hydrogens is 280 g/mol. The Morgan fingerprint density at radius 2 is 2.09 bits per heavy atom. The van der Waals surface area contributed by atoms with Crippen LogP contribution in [0.15, 0.2) is 30.3 Å². The molecule has 2 amide bonds. The molecule has 2 heterocycles. The molecule has 1 aromatic rings. The fraction of sp³-hybridized carbons (Fsp3) is 0.529. The molecule has 5 nitrogen and oxygen atoms in total. The molecule has 0 N–H and O–H groups in total. The van der Waals surface area contributed by atoms with E-state index >= 15 is 0 Å². The van der Waals surface area contributed by atoms with Crippen molar-refractivity contribution < 1.29 is 14.4 Å². The van der Waals surface area contributed by atoms with Crippen LogP contribution in [-0.4, -0.2) is 48.0 Å². The SMILES string of the molecule is O=C1CC[C@@H](C(=O)N2CCCO2)CN1CCc1ccccc1. The van der Waals surface area contributed by atoms with Gasteiger partial charge in [-0.3, -0.25) is 14.4 Å². The van der Waals surface area contributed by atoms with Crippen molar-refractivity contribution in [2.75, 3.05) is 26.2 Å². The molecule has 3 rings (SSSR count). The summed E-state index contributed by atoms with van der Waals surface area (Å²) in [7, 11) is 0. The highest BCUT2D eigenvalue weighted by atomic mass is 16.7. The Morgan fingerprint density at radius 3 is 2.82 bits per heavy atom. The van der Waals surface area contributed by atoms with Crippen molar-refractivity contribution in [2.45, 2.75) is 25.7 Å². The van der Waals surface area contributed by atoms with E-state index in [1.54, 1.807) is 0 Å². The number of hydroxylamine groups is 2. The molecule has 0 aromatic heterocycles. The largest absolute Gasteiger partial charge is 0.342 e. The average molecular weight is 302 g/mol. The summed E-state index contributed by atoms with van der Waals surface area (Å²) in [5, 5.41) is 1.48. The molecule has 0 radical (unpaired) electrons. The van der Waals surface area contributed by atoms with E-state index in [1.165, 1.54) is 10.6 Å². The van der Waals surface area contributed by atoms with E-state index in [9.17, 15) is 9.59 Å². The quantitative estimate of drug-likeness (QED) is 0.849. The van der Waals surface area contributed by atoms with Crippen LogP contribution in [0.1, 0.15) is 24.8 Å². The van der Waals surface area contributed by atoms with Gasteiger partial charge in [-0.25, -0.2) is 5.06 Å². The molecule has 118 valence electrons. The van der Waals surface area contributed by atoms with Gasteiger partial charge in [-0.05, 0) is 24.8 Å². The second kappa shape index (κ2) is 6.92. The average Bonchev–Trinajstić information content (AvgIpc) is 3.09. The van der Waals surface area contributed by atoms with Crippen LogP contribution in [0, 0.1) is 5.92 Å². The van der Waals surface area contributed by atoms with E-state index in [2.05, 4.69) is 12.1 Å². The molecule has 1 aromatic carbocycles. The Bertz CT molecular complexity index is 526. The molecule has 0 aliphatic carbocycles. The number of benzene rings is 1. The van der Waals surface area contributed by atoms with Crippen molar-refractivity contribution in [2.24, 2.45) is 5.92 Å². The van der Waals surface area contributed by atoms with Crippen LogP contribution in [0.5, 0.6) is 0 Å². The number of hydrogen-bond acceptors (Lipinski definition) is 3. The highest BCUT2D eigenvalue weighted by Gasteiger charge is 2.34. The number of rotatable bonds is 4. The number of likely N-dealkylation sites (tertiary alicyclic amines) is 1. The highest BCUT2D eigenvalue weighted by Crippen LogP contribution is 2.22. The van der Waals surface area contributed by atoms with Crippen molar-refractivity contribution >= 4 is 11.8 Å². The number of nitrogens with zero attached hydrogens (tertiary/aromatic N) is 2. The Hall–Kier alpha value is -1.88. The van der Waals surface area contributed by atoms with Crippen molar-refractivity contribution in [3.05, 3.63) is 35.9 Å². The number of amides is 2. The fourth-order valence-corrected chi connectivity index (χ4v) is 3.07. The number of piperidine rings is 1. The molecule has 2 saturated heterocycles. The van der Waals surface area contributed by atoms with Crippen LogP contribution in [0.25, 0.3) is 0 Å². The summed E-state index contributed by atoms with van der Waals surface area (Å²) >= 11 is 0. The first-order valence-electron chi connectivity index (χ1n) is 8.00. The van der Waals surface area contributed by atoms with Crippen LogP contribution >= 0.6 is 0 Å². The first kappa shape index (κ1) is 15.0. The van der Waals surface area contributed by atoms with Gasteiger partial charge in [-0.15, -0.1) is 0 Å². The molecule has 0 unspecified atom stereocenters. The molecule has 0 spiro atoms. The zero-order chi connectivity index (χ0) is 15.4.